The molecule has 0 spiro atoms. The molecule has 1 atom stereocenters. The molecule has 0 heterocycles. The first-order chi connectivity index (χ1) is 9.13. The lowest BCUT2D eigenvalue weighted by molar-refractivity contribution is 0.160. The summed E-state index contributed by atoms with van der Waals surface area (Å²) in [5.74, 6) is -0.238. The molecule has 0 radical (unpaired) electrons. The topological polar surface area (TPSA) is 60.7 Å². The average Bonchev–Trinajstić information content (AvgIpc) is 2.38. The Balaban J connectivity index is 2.19. The second kappa shape index (κ2) is 8.81. The lowest BCUT2D eigenvalue weighted by Crippen LogP contribution is -2.10. The van der Waals surface area contributed by atoms with Crippen molar-refractivity contribution < 1.29 is 15.3 Å². The van der Waals surface area contributed by atoms with Crippen molar-refractivity contribution in [3.63, 3.8) is 0 Å². The van der Waals surface area contributed by atoms with Crippen LogP contribution in [0.4, 0.5) is 0 Å². The molecule has 0 aliphatic carbocycles. The second-order valence-corrected chi connectivity index (χ2v) is 5.24. The molecule has 1 aromatic rings. The van der Waals surface area contributed by atoms with Gasteiger partial charge in [0.1, 0.15) is 0 Å². The number of hydrogen-bond donors (Lipinski definition) is 3. The van der Waals surface area contributed by atoms with E-state index in [1.165, 1.54) is 44.2 Å². The predicted octanol–water partition coefficient (Wildman–Crippen LogP) is 3.75. The van der Waals surface area contributed by atoms with Gasteiger partial charge in [0, 0.05) is 0 Å². The van der Waals surface area contributed by atoms with Crippen molar-refractivity contribution in [1.29, 1.82) is 0 Å². The molecule has 0 aliphatic heterocycles. The normalized spacial score (nSPS) is 12.5. The van der Waals surface area contributed by atoms with Gasteiger partial charge in [0.2, 0.25) is 0 Å². The number of phenols is 2. The molecule has 108 valence electrons. The molecular formula is C16H26O3. The summed E-state index contributed by atoms with van der Waals surface area (Å²) in [6.07, 6.45) is 8.29. The Morgan fingerprint density at radius 2 is 1.63 bits per heavy atom. The molecule has 3 nitrogen and oxygen atoms in total. The van der Waals surface area contributed by atoms with Crippen LogP contribution in [0.5, 0.6) is 11.5 Å². The number of rotatable bonds is 9. The molecule has 0 aliphatic rings. The third-order valence-electron chi connectivity index (χ3n) is 3.40. The average molecular weight is 266 g/mol. The number of aliphatic hydroxyl groups is 1. The molecule has 1 rings (SSSR count). The fourth-order valence-corrected chi connectivity index (χ4v) is 2.23. The van der Waals surface area contributed by atoms with Crippen LogP contribution in [0, 0.1) is 0 Å². The van der Waals surface area contributed by atoms with Gasteiger partial charge in [-0.3, -0.25) is 0 Å². The van der Waals surface area contributed by atoms with Crippen LogP contribution in [0.1, 0.15) is 57.4 Å². The van der Waals surface area contributed by atoms with Crippen LogP contribution in [0.25, 0.3) is 0 Å². The van der Waals surface area contributed by atoms with Crippen LogP contribution in [0.15, 0.2) is 18.2 Å². The lowest BCUT2D eigenvalue weighted by atomic mass is 10.0. The summed E-state index contributed by atoms with van der Waals surface area (Å²) in [6, 6.07) is 4.71. The Labute approximate surface area is 115 Å². The number of benzene rings is 1. The highest BCUT2D eigenvalue weighted by atomic mass is 16.3. The number of aromatic hydroxyl groups is 2. The van der Waals surface area contributed by atoms with E-state index in [2.05, 4.69) is 6.92 Å². The quantitative estimate of drug-likeness (QED) is 0.471. The summed E-state index contributed by atoms with van der Waals surface area (Å²) in [6.45, 7) is 2.21. The van der Waals surface area contributed by atoms with Crippen molar-refractivity contribution in [2.45, 2.75) is 64.4 Å². The van der Waals surface area contributed by atoms with Gasteiger partial charge in [-0.05, 0) is 30.5 Å². The maximum atomic E-state index is 9.92. The summed E-state index contributed by atoms with van der Waals surface area (Å²) in [5.41, 5.74) is 0.855. The third-order valence-corrected chi connectivity index (χ3v) is 3.40. The molecule has 0 saturated heterocycles. The van der Waals surface area contributed by atoms with Gasteiger partial charge in [0.15, 0.2) is 11.5 Å². The third kappa shape index (κ3) is 6.48. The van der Waals surface area contributed by atoms with Crippen molar-refractivity contribution in [2.75, 3.05) is 0 Å². The van der Waals surface area contributed by atoms with E-state index in [4.69, 9.17) is 0 Å². The zero-order valence-corrected chi connectivity index (χ0v) is 11.8. The Hall–Kier alpha value is -1.22. The van der Waals surface area contributed by atoms with E-state index >= 15 is 0 Å². The highest BCUT2D eigenvalue weighted by molar-refractivity contribution is 5.40. The maximum absolute atomic E-state index is 9.92. The van der Waals surface area contributed by atoms with E-state index in [0.717, 1.165) is 18.4 Å². The van der Waals surface area contributed by atoms with Gasteiger partial charge in [-0.2, -0.15) is 0 Å². The van der Waals surface area contributed by atoms with Gasteiger partial charge in [-0.25, -0.2) is 0 Å². The maximum Gasteiger partial charge on any atom is 0.157 e. The Kier molecular flexibility index (Phi) is 7.34. The fraction of sp³-hybridized carbons (Fsp3) is 0.625. The van der Waals surface area contributed by atoms with Crippen molar-refractivity contribution in [1.82, 2.24) is 0 Å². The first-order valence-electron chi connectivity index (χ1n) is 7.32. The van der Waals surface area contributed by atoms with Crippen molar-refractivity contribution in [3.8, 4) is 11.5 Å². The number of phenolic OH excluding ortho intramolecular Hbond substituents is 2. The summed E-state index contributed by atoms with van der Waals surface area (Å²) in [7, 11) is 0. The van der Waals surface area contributed by atoms with Crippen molar-refractivity contribution >= 4 is 0 Å². The largest absolute Gasteiger partial charge is 0.504 e. The van der Waals surface area contributed by atoms with E-state index in [9.17, 15) is 15.3 Å². The molecule has 1 unspecified atom stereocenters. The SMILES string of the molecule is CCCCCCCCC(O)Cc1ccc(O)c(O)c1. The molecule has 0 amide bonds. The first-order valence-corrected chi connectivity index (χ1v) is 7.32. The Bertz CT molecular complexity index is 363. The van der Waals surface area contributed by atoms with E-state index in [1.807, 2.05) is 0 Å². The highest BCUT2D eigenvalue weighted by Crippen LogP contribution is 2.25. The minimum absolute atomic E-state index is 0.117. The summed E-state index contributed by atoms with van der Waals surface area (Å²) in [4.78, 5) is 0. The minimum atomic E-state index is -0.366. The first kappa shape index (κ1) is 15.8. The molecule has 3 N–H and O–H groups in total. The monoisotopic (exact) mass is 266 g/mol. The molecule has 0 saturated carbocycles. The van der Waals surface area contributed by atoms with E-state index < -0.39 is 0 Å². The van der Waals surface area contributed by atoms with Gasteiger partial charge in [-0.1, -0.05) is 51.5 Å². The summed E-state index contributed by atoms with van der Waals surface area (Å²) in [5, 5.41) is 28.5. The van der Waals surface area contributed by atoms with Crippen LogP contribution in [-0.2, 0) is 6.42 Å². The lowest BCUT2D eigenvalue weighted by Gasteiger charge is -2.11. The van der Waals surface area contributed by atoms with Gasteiger partial charge in [-0.15, -0.1) is 0 Å². The molecule has 1 aromatic carbocycles. The van der Waals surface area contributed by atoms with Gasteiger partial charge >= 0.3 is 0 Å². The van der Waals surface area contributed by atoms with E-state index in [0.29, 0.717) is 6.42 Å². The predicted molar refractivity (Wildman–Crippen MR) is 77.5 cm³/mol. The van der Waals surface area contributed by atoms with Crippen LogP contribution in [0.2, 0.25) is 0 Å². The molecule has 3 heteroatoms. The zero-order chi connectivity index (χ0) is 14.1. The summed E-state index contributed by atoms with van der Waals surface area (Å²) < 4.78 is 0. The summed E-state index contributed by atoms with van der Waals surface area (Å²) >= 11 is 0. The van der Waals surface area contributed by atoms with Gasteiger partial charge < -0.3 is 15.3 Å². The molecule has 0 fully saturated rings. The second-order valence-electron chi connectivity index (χ2n) is 5.24. The van der Waals surface area contributed by atoms with Crippen LogP contribution in [0.3, 0.4) is 0 Å². The molecular weight excluding hydrogens is 240 g/mol. The highest BCUT2D eigenvalue weighted by Gasteiger charge is 2.07. The van der Waals surface area contributed by atoms with Crippen molar-refractivity contribution in [2.24, 2.45) is 0 Å². The van der Waals surface area contributed by atoms with E-state index in [-0.39, 0.29) is 17.6 Å². The van der Waals surface area contributed by atoms with Crippen LogP contribution in [-0.4, -0.2) is 21.4 Å². The zero-order valence-electron chi connectivity index (χ0n) is 11.8. The smallest absolute Gasteiger partial charge is 0.157 e. The van der Waals surface area contributed by atoms with Crippen molar-refractivity contribution in [3.05, 3.63) is 23.8 Å². The Morgan fingerprint density at radius 3 is 2.32 bits per heavy atom. The van der Waals surface area contributed by atoms with E-state index in [1.54, 1.807) is 6.07 Å². The standard InChI is InChI=1S/C16H26O3/c1-2-3-4-5-6-7-8-14(17)11-13-9-10-15(18)16(19)12-13/h9-10,12,14,17-19H,2-8,11H2,1H3. The van der Waals surface area contributed by atoms with Crippen LogP contribution >= 0.6 is 0 Å². The number of unbranched alkanes of at least 4 members (excludes halogenated alkanes) is 5. The number of aliphatic hydroxyl groups excluding tert-OH is 1. The Morgan fingerprint density at radius 1 is 0.947 bits per heavy atom. The number of hydrogen-bond acceptors (Lipinski definition) is 3. The molecule has 19 heavy (non-hydrogen) atoms. The molecule has 0 bridgehead atoms. The van der Waals surface area contributed by atoms with Gasteiger partial charge in [0.25, 0.3) is 0 Å². The molecule has 0 aromatic heterocycles. The fourth-order valence-electron chi connectivity index (χ4n) is 2.23. The van der Waals surface area contributed by atoms with Gasteiger partial charge in [0.05, 0.1) is 6.10 Å². The minimum Gasteiger partial charge on any atom is -0.504 e. The van der Waals surface area contributed by atoms with Crippen LogP contribution < -0.4 is 0 Å².